The van der Waals surface area contributed by atoms with Crippen LogP contribution in [-0.2, 0) is 20.5 Å². The van der Waals surface area contributed by atoms with Gasteiger partial charge in [0.05, 0.1) is 17.8 Å². The lowest BCUT2D eigenvalue weighted by Gasteiger charge is -2.23. The van der Waals surface area contributed by atoms with E-state index in [2.05, 4.69) is 31.4 Å². The maximum absolute atomic E-state index is 12.4. The van der Waals surface area contributed by atoms with Crippen molar-refractivity contribution in [1.82, 2.24) is 15.1 Å². The van der Waals surface area contributed by atoms with E-state index in [0.717, 1.165) is 18.5 Å². The summed E-state index contributed by atoms with van der Waals surface area (Å²) < 4.78 is 1.84. The van der Waals surface area contributed by atoms with Crippen LogP contribution in [0.1, 0.15) is 85.8 Å². The Labute approximate surface area is 163 Å². The number of hydrogen-bond donors (Lipinski definition) is 2. The van der Waals surface area contributed by atoms with Crippen LogP contribution in [0.25, 0.3) is 0 Å². The molecule has 1 fully saturated rings. The van der Waals surface area contributed by atoms with Gasteiger partial charge >= 0.3 is 0 Å². The zero-order valence-corrected chi connectivity index (χ0v) is 17.8. The molecule has 27 heavy (non-hydrogen) atoms. The van der Waals surface area contributed by atoms with Crippen LogP contribution < -0.4 is 10.6 Å². The Balaban J connectivity index is 1.94. The van der Waals surface area contributed by atoms with Crippen LogP contribution >= 0.6 is 0 Å². The summed E-state index contributed by atoms with van der Waals surface area (Å²) in [7, 11) is 0. The predicted molar refractivity (Wildman–Crippen MR) is 109 cm³/mol. The summed E-state index contributed by atoms with van der Waals surface area (Å²) in [6.07, 6.45) is 6.48. The van der Waals surface area contributed by atoms with E-state index in [9.17, 15) is 9.59 Å². The van der Waals surface area contributed by atoms with Gasteiger partial charge in [-0.2, -0.15) is 5.10 Å². The summed E-state index contributed by atoms with van der Waals surface area (Å²) in [5, 5.41) is 10.4. The molecule has 1 aromatic rings. The minimum absolute atomic E-state index is 0.00821. The molecule has 1 aliphatic carbocycles. The van der Waals surface area contributed by atoms with E-state index >= 15 is 0 Å². The Kier molecular flexibility index (Phi) is 6.71. The maximum atomic E-state index is 12.4. The number of anilines is 1. The zero-order chi connectivity index (χ0) is 20.2. The molecule has 0 unspecified atom stereocenters. The standard InChI is InChI=1S/C21H36N4O2/c1-20(2,3)16-13-17(25(24-16)21(4,5)6)23-19(27)14-22-18(26)12-15-10-8-7-9-11-15/h13,15H,7-12,14H2,1-6H3,(H,22,26)(H,23,27). The molecule has 0 bridgehead atoms. The van der Waals surface area contributed by atoms with E-state index in [-0.39, 0.29) is 29.3 Å². The van der Waals surface area contributed by atoms with Crippen molar-refractivity contribution in [2.75, 3.05) is 11.9 Å². The highest BCUT2D eigenvalue weighted by atomic mass is 16.2. The molecule has 2 rings (SSSR count). The molecule has 0 spiro atoms. The van der Waals surface area contributed by atoms with Crippen molar-refractivity contribution in [3.05, 3.63) is 11.8 Å². The molecule has 6 heteroatoms. The lowest BCUT2D eigenvalue weighted by Crippen LogP contribution is -2.35. The van der Waals surface area contributed by atoms with Crippen molar-refractivity contribution in [2.45, 2.75) is 91.0 Å². The Morgan fingerprint density at radius 2 is 1.70 bits per heavy atom. The number of hydrogen-bond acceptors (Lipinski definition) is 3. The van der Waals surface area contributed by atoms with Gasteiger partial charge in [0.25, 0.3) is 0 Å². The molecular formula is C21H36N4O2. The minimum atomic E-state index is -0.254. The Bertz CT molecular complexity index is 659. The van der Waals surface area contributed by atoms with Gasteiger partial charge in [-0.05, 0) is 39.5 Å². The molecule has 2 amide bonds. The topological polar surface area (TPSA) is 76.0 Å². The van der Waals surface area contributed by atoms with E-state index in [4.69, 9.17) is 5.10 Å². The summed E-state index contributed by atoms with van der Waals surface area (Å²) in [5.74, 6) is 0.882. The fourth-order valence-electron chi connectivity index (χ4n) is 3.44. The van der Waals surface area contributed by atoms with Crippen LogP contribution in [0, 0.1) is 5.92 Å². The highest BCUT2D eigenvalue weighted by Crippen LogP contribution is 2.28. The van der Waals surface area contributed by atoms with Crippen molar-refractivity contribution in [3.8, 4) is 0 Å². The van der Waals surface area contributed by atoms with Gasteiger partial charge in [0.15, 0.2) is 0 Å². The summed E-state index contributed by atoms with van der Waals surface area (Å²) >= 11 is 0. The summed E-state index contributed by atoms with van der Waals surface area (Å²) in [6.45, 7) is 12.4. The molecule has 152 valence electrons. The van der Waals surface area contributed by atoms with E-state index < -0.39 is 0 Å². The molecule has 0 saturated heterocycles. The second kappa shape index (κ2) is 8.44. The zero-order valence-electron chi connectivity index (χ0n) is 17.8. The highest BCUT2D eigenvalue weighted by molar-refractivity contribution is 5.94. The Hall–Kier alpha value is -1.85. The maximum Gasteiger partial charge on any atom is 0.244 e. The van der Waals surface area contributed by atoms with Gasteiger partial charge in [-0.25, -0.2) is 4.68 Å². The van der Waals surface area contributed by atoms with Crippen molar-refractivity contribution >= 4 is 17.6 Å². The number of carbonyl (C=O) groups is 2. The van der Waals surface area contributed by atoms with Crippen LogP contribution in [-0.4, -0.2) is 28.1 Å². The first-order valence-corrected chi connectivity index (χ1v) is 10.1. The largest absolute Gasteiger partial charge is 0.347 e. The van der Waals surface area contributed by atoms with Gasteiger partial charge in [-0.3, -0.25) is 9.59 Å². The Morgan fingerprint density at radius 3 is 2.26 bits per heavy atom. The van der Waals surface area contributed by atoms with Crippen molar-refractivity contribution < 1.29 is 9.59 Å². The Morgan fingerprint density at radius 1 is 1.07 bits per heavy atom. The highest BCUT2D eigenvalue weighted by Gasteiger charge is 2.26. The number of nitrogens with zero attached hydrogens (tertiary/aromatic N) is 2. The first-order chi connectivity index (χ1) is 12.5. The smallest absolute Gasteiger partial charge is 0.244 e. The van der Waals surface area contributed by atoms with Gasteiger partial charge in [0, 0.05) is 17.9 Å². The minimum Gasteiger partial charge on any atom is -0.347 e. The quantitative estimate of drug-likeness (QED) is 0.817. The molecule has 1 heterocycles. The van der Waals surface area contributed by atoms with Gasteiger partial charge in [-0.15, -0.1) is 0 Å². The van der Waals surface area contributed by atoms with Crippen LogP contribution in [0.15, 0.2) is 6.07 Å². The van der Waals surface area contributed by atoms with Gasteiger partial charge in [-0.1, -0.05) is 40.0 Å². The average Bonchev–Trinajstić information content (AvgIpc) is 2.98. The van der Waals surface area contributed by atoms with E-state index in [1.54, 1.807) is 0 Å². The molecule has 0 atom stereocenters. The van der Waals surface area contributed by atoms with Crippen molar-refractivity contribution in [2.24, 2.45) is 5.92 Å². The first kappa shape index (κ1) is 21.5. The average molecular weight is 377 g/mol. The fraction of sp³-hybridized carbons (Fsp3) is 0.762. The molecule has 0 radical (unpaired) electrons. The van der Waals surface area contributed by atoms with E-state index in [1.807, 2.05) is 31.5 Å². The molecule has 0 aromatic carbocycles. The van der Waals surface area contributed by atoms with Crippen LogP contribution in [0.4, 0.5) is 5.82 Å². The third-order valence-corrected chi connectivity index (χ3v) is 5.03. The number of rotatable bonds is 5. The molecule has 1 aromatic heterocycles. The van der Waals surface area contributed by atoms with Crippen LogP contribution in [0.5, 0.6) is 0 Å². The van der Waals surface area contributed by atoms with E-state index in [0.29, 0.717) is 18.2 Å². The number of nitrogens with one attached hydrogen (secondary N) is 2. The molecule has 1 saturated carbocycles. The molecular weight excluding hydrogens is 340 g/mol. The third-order valence-electron chi connectivity index (χ3n) is 5.03. The van der Waals surface area contributed by atoms with Crippen molar-refractivity contribution in [3.63, 3.8) is 0 Å². The molecule has 1 aliphatic rings. The SMILES string of the molecule is CC(C)(C)c1cc(NC(=O)CNC(=O)CC2CCCCC2)n(C(C)(C)C)n1. The van der Waals surface area contributed by atoms with Crippen molar-refractivity contribution in [1.29, 1.82) is 0 Å². The normalized spacial score (nSPS) is 16.2. The van der Waals surface area contributed by atoms with Gasteiger partial charge in [0.2, 0.25) is 11.8 Å². The lowest BCUT2D eigenvalue weighted by molar-refractivity contribution is -0.125. The van der Waals surface area contributed by atoms with Crippen LogP contribution in [0.3, 0.4) is 0 Å². The lowest BCUT2D eigenvalue weighted by atomic mass is 9.87. The first-order valence-electron chi connectivity index (χ1n) is 10.1. The molecule has 6 nitrogen and oxygen atoms in total. The summed E-state index contributed by atoms with van der Waals surface area (Å²) in [6, 6.07) is 1.92. The number of carbonyl (C=O) groups excluding carboxylic acids is 2. The van der Waals surface area contributed by atoms with Gasteiger partial charge < -0.3 is 10.6 Å². The van der Waals surface area contributed by atoms with Gasteiger partial charge in [0.1, 0.15) is 5.82 Å². The van der Waals surface area contributed by atoms with E-state index in [1.165, 1.54) is 19.3 Å². The molecule has 2 N–H and O–H groups in total. The second-order valence-electron chi connectivity index (χ2n) is 9.78. The number of aromatic nitrogens is 2. The van der Waals surface area contributed by atoms with Crippen LogP contribution in [0.2, 0.25) is 0 Å². The second-order valence-corrected chi connectivity index (χ2v) is 9.78. The molecule has 0 aliphatic heterocycles. The third kappa shape index (κ3) is 6.36. The summed E-state index contributed by atoms with van der Waals surface area (Å²) in [4.78, 5) is 24.5. The summed E-state index contributed by atoms with van der Waals surface area (Å²) in [5.41, 5.74) is 0.564. The fourth-order valence-corrected chi connectivity index (χ4v) is 3.44. The number of amides is 2. The predicted octanol–water partition coefficient (Wildman–Crippen LogP) is 3.96. The monoisotopic (exact) mass is 376 g/mol.